The van der Waals surface area contributed by atoms with Crippen molar-refractivity contribution in [2.75, 3.05) is 13.1 Å². The number of rotatable bonds is 3. The molecule has 1 fully saturated rings. The van der Waals surface area contributed by atoms with Gasteiger partial charge in [-0.1, -0.05) is 0 Å². The summed E-state index contributed by atoms with van der Waals surface area (Å²) >= 11 is 0. The fraction of sp³-hybridized carbons (Fsp3) is 0.375. The van der Waals surface area contributed by atoms with Crippen molar-refractivity contribution < 1.29 is 14.7 Å². The number of likely N-dealkylation sites (tertiary alicyclic amines) is 1. The zero-order valence-corrected chi connectivity index (χ0v) is 12.8. The van der Waals surface area contributed by atoms with Crippen molar-refractivity contribution in [2.45, 2.75) is 19.8 Å². The van der Waals surface area contributed by atoms with E-state index in [1.54, 1.807) is 53.3 Å². The molecule has 3 heterocycles. The summed E-state index contributed by atoms with van der Waals surface area (Å²) in [6.45, 7) is 2.44. The Morgan fingerprint density at radius 1 is 1.35 bits per heavy atom. The number of aliphatic carboxylic acids is 1. The molecule has 7 heteroatoms. The molecule has 3 rings (SSSR count). The minimum absolute atomic E-state index is 0.203. The monoisotopic (exact) mass is 314 g/mol. The third-order valence-corrected chi connectivity index (χ3v) is 4.23. The summed E-state index contributed by atoms with van der Waals surface area (Å²) < 4.78 is 1.65. The summed E-state index contributed by atoms with van der Waals surface area (Å²) in [5.74, 6) is -1.11. The van der Waals surface area contributed by atoms with E-state index in [1.165, 1.54) is 0 Å². The molecule has 1 unspecified atom stereocenters. The van der Waals surface area contributed by atoms with Crippen molar-refractivity contribution in [1.29, 1.82) is 0 Å². The third-order valence-electron chi connectivity index (χ3n) is 4.23. The predicted molar refractivity (Wildman–Crippen MR) is 82.2 cm³/mol. The fourth-order valence-corrected chi connectivity index (χ4v) is 2.85. The number of carboxylic acid groups (broad SMARTS) is 1. The molecule has 0 bridgehead atoms. The molecule has 1 saturated heterocycles. The standard InChI is InChI=1S/C16H18N4O3/c1-16(15(22)23)5-2-8-19(11-16)14(21)13-10-12(4-7-17-13)20-9-3-6-18-20/h3-4,6-7,9-10H,2,5,8,11H2,1H3,(H,22,23). The highest BCUT2D eigenvalue weighted by molar-refractivity contribution is 5.93. The molecule has 1 aliphatic rings. The largest absolute Gasteiger partial charge is 0.481 e. The smallest absolute Gasteiger partial charge is 0.311 e. The van der Waals surface area contributed by atoms with Gasteiger partial charge in [-0.3, -0.25) is 14.6 Å². The molecule has 0 aliphatic carbocycles. The summed E-state index contributed by atoms with van der Waals surface area (Å²) in [6.07, 6.45) is 6.25. The molecule has 7 nitrogen and oxygen atoms in total. The summed E-state index contributed by atoms with van der Waals surface area (Å²) in [5, 5.41) is 13.5. The highest BCUT2D eigenvalue weighted by Gasteiger charge is 2.39. The summed E-state index contributed by atoms with van der Waals surface area (Å²) in [7, 11) is 0. The minimum Gasteiger partial charge on any atom is -0.481 e. The second-order valence-electron chi connectivity index (χ2n) is 6.05. The number of pyridine rings is 1. The lowest BCUT2D eigenvalue weighted by Gasteiger charge is -2.37. The Balaban J connectivity index is 1.83. The van der Waals surface area contributed by atoms with Crippen LogP contribution in [0.15, 0.2) is 36.8 Å². The summed E-state index contributed by atoms with van der Waals surface area (Å²) in [6, 6.07) is 5.23. The van der Waals surface area contributed by atoms with Gasteiger partial charge in [0.15, 0.2) is 0 Å². The van der Waals surface area contributed by atoms with E-state index >= 15 is 0 Å². The number of carboxylic acids is 1. The second-order valence-corrected chi connectivity index (χ2v) is 6.05. The van der Waals surface area contributed by atoms with Crippen LogP contribution in [0, 0.1) is 5.41 Å². The molecular weight excluding hydrogens is 296 g/mol. The lowest BCUT2D eigenvalue weighted by Crippen LogP contribution is -2.48. The Morgan fingerprint density at radius 2 is 2.17 bits per heavy atom. The number of hydrogen-bond donors (Lipinski definition) is 1. The number of amides is 1. The van der Waals surface area contributed by atoms with Gasteiger partial charge in [-0.15, -0.1) is 0 Å². The zero-order valence-electron chi connectivity index (χ0n) is 12.8. The molecule has 0 radical (unpaired) electrons. The van der Waals surface area contributed by atoms with Crippen LogP contribution in [0.5, 0.6) is 0 Å². The average Bonchev–Trinajstić information content (AvgIpc) is 3.09. The number of aromatic nitrogens is 3. The van der Waals surface area contributed by atoms with E-state index in [0.717, 1.165) is 5.69 Å². The normalized spacial score (nSPS) is 21.2. The van der Waals surface area contributed by atoms with Crippen LogP contribution in [-0.2, 0) is 4.79 Å². The SMILES string of the molecule is CC1(C(=O)O)CCCN(C(=O)c2cc(-n3cccn3)ccn2)C1. The molecule has 1 amide bonds. The first kappa shape index (κ1) is 15.2. The van der Waals surface area contributed by atoms with Gasteiger partial charge in [0, 0.05) is 31.7 Å². The van der Waals surface area contributed by atoms with Gasteiger partial charge in [-0.2, -0.15) is 5.10 Å². The van der Waals surface area contributed by atoms with Crippen molar-refractivity contribution in [3.8, 4) is 5.69 Å². The van der Waals surface area contributed by atoms with Gasteiger partial charge in [0.1, 0.15) is 5.69 Å². The van der Waals surface area contributed by atoms with E-state index in [0.29, 0.717) is 25.1 Å². The Labute approximate surface area is 133 Å². The summed E-state index contributed by atoms with van der Waals surface area (Å²) in [5.41, 5.74) is 0.145. The van der Waals surface area contributed by atoms with Crippen LogP contribution in [0.2, 0.25) is 0 Å². The van der Waals surface area contributed by atoms with Crippen LogP contribution >= 0.6 is 0 Å². The van der Waals surface area contributed by atoms with Crippen LogP contribution in [0.25, 0.3) is 5.69 Å². The maximum atomic E-state index is 12.7. The highest BCUT2D eigenvalue weighted by atomic mass is 16.4. The molecule has 1 aliphatic heterocycles. The number of nitrogens with zero attached hydrogens (tertiary/aromatic N) is 4. The molecule has 23 heavy (non-hydrogen) atoms. The summed E-state index contributed by atoms with van der Waals surface area (Å²) in [4.78, 5) is 29.8. The molecule has 0 aromatic carbocycles. The van der Waals surface area contributed by atoms with E-state index in [9.17, 15) is 14.7 Å². The third kappa shape index (κ3) is 2.94. The van der Waals surface area contributed by atoms with Crippen LogP contribution in [0.4, 0.5) is 0 Å². The molecule has 0 spiro atoms. The van der Waals surface area contributed by atoms with E-state index < -0.39 is 11.4 Å². The van der Waals surface area contributed by atoms with Gasteiger partial charge in [0.2, 0.25) is 0 Å². The van der Waals surface area contributed by atoms with Crippen molar-refractivity contribution >= 4 is 11.9 Å². The first-order valence-corrected chi connectivity index (χ1v) is 7.48. The predicted octanol–water partition coefficient (Wildman–Crippen LogP) is 1.59. The van der Waals surface area contributed by atoms with Crippen molar-refractivity contribution in [2.24, 2.45) is 5.41 Å². The molecule has 120 valence electrons. The lowest BCUT2D eigenvalue weighted by atomic mass is 9.82. The molecule has 2 aromatic heterocycles. The Kier molecular flexibility index (Phi) is 3.85. The molecule has 0 saturated carbocycles. The molecule has 2 aromatic rings. The van der Waals surface area contributed by atoms with Gasteiger partial charge < -0.3 is 10.0 Å². The van der Waals surface area contributed by atoms with Gasteiger partial charge >= 0.3 is 5.97 Å². The number of hydrogen-bond acceptors (Lipinski definition) is 4. The maximum absolute atomic E-state index is 12.7. The van der Waals surface area contributed by atoms with Crippen LogP contribution in [-0.4, -0.2) is 49.7 Å². The Hall–Kier alpha value is -2.70. The van der Waals surface area contributed by atoms with Crippen LogP contribution in [0.3, 0.4) is 0 Å². The highest BCUT2D eigenvalue weighted by Crippen LogP contribution is 2.30. The molecular formula is C16H18N4O3. The van der Waals surface area contributed by atoms with Crippen LogP contribution in [0.1, 0.15) is 30.3 Å². The van der Waals surface area contributed by atoms with Gasteiger partial charge in [0.25, 0.3) is 5.91 Å². The number of carbonyl (C=O) groups is 2. The van der Waals surface area contributed by atoms with Gasteiger partial charge in [-0.25, -0.2) is 4.68 Å². The Bertz CT molecular complexity index is 729. The average molecular weight is 314 g/mol. The molecule has 1 atom stereocenters. The fourth-order valence-electron chi connectivity index (χ4n) is 2.85. The zero-order chi connectivity index (χ0) is 16.4. The molecule has 1 N–H and O–H groups in total. The van der Waals surface area contributed by atoms with Crippen molar-refractivity contribution in [3.05, 3.63) is 42.5 Å². The quantitative estimate of drug-likeness (QED) is 0.929. The maximum Gasteiger partial charge on any atom is 0.311 e. The van der Waals surface area contributed by atoms with E-state index in [2.05, 4.69) is 10.1 Å². The number of piperidine rings is 1. The second kappa shape index (κ2) is 5.83. The van der Waals surface area contributed by atoms with Crippen molar-refractivity contribution in [1.82, 2.24) is 19.7 Å². The Morgan fingerprint density at radius 3 is 2.87 bits per heavy atom. The van der Waals surface area contributed by atoms with Crippen molar-refractivity contribution in [3.63, 3.8) is 0 Å². The van der Waals surface area contributed by atoms with E-state index in [-0.39, 0.29) is 12.5 Å². The lowest BCUT2D eigenvalue weighted by molar-refractivity contribution is -0.150. The van der Waals surface area contributed by atoms with Crippen LogP contribution < -0.4 is 0 Å². The number of carbonyl (C=O) groups excluding carboxylic acids is 1. The minimum atomic E-state index is -0.895. The van der Waals surface area contributed by atoms with Gasteiger partial charge in [0.05, 0.1) is 11.1 Å². The van der Waals surface area contributed by atoms with E-state index in [1.807, 2.05) is 0 Å². The van der Waals surface area contributed by atoms with Gasteiger partial charge in [-0.05, 0) is 38.0 Å². The van der Waals surface area contributed by atoms with E-state index in [4.69, 9.17) is 0 Å². The first-order chi connectivity index (χ1) is 11.0. The first-order valence-electron chi connectivity index (χ1n) is 7.48. The topological polar surface area (TPSA) is 88.3 Å².